The van der Waals surface area contributed by atoms with Crippen LogP contribution in [0.2, 0.25) is 0 Å². The molecule has 0 saturated carbocycles. The number of rotatable bonds is 4. The second-order valence-corrected chi connectivity index (χ2v) is 6.32. The average Bonchev–Trinajstić information content (AvgIpc) is 2.47. The largest absolute Gasteiger partial charge is 0.380 e. The van der Waals surface area contributed by atoms with E-state index in [4.69, 9.17) is 10.6 Å². The van der Waals surface area contributed by atoms with Gasteiger partial charge in [-0.2, -0.15) is 4.31 Å². The highest BCUT2D eigenvalue weighted by atomic mass is 32.2. The fourth-order valence-electron chi connectivity index (χ4n) is 2.08. The van der Waals surface area contributed by atoms with Crippen LogP contribution in [0.15, 0.2) is 23.2 Å². The quantitative estimate of drug-likeness (QED) is 0.605. The summed E-state index contributed by atoms with van der Waals surface area (Å²) in [5.74, 6) is 5.62. The van der Waals surface area contributed by atoms with Crippen molar-refractivity contribution in [3.8, 4) is 0 Å². The van der Waals surface area contributed by atoms with E-state index in [-0.39, 0.29) is 11.0 Å². The maximum absolute atomic E-state index is 12.4. The number of nitrogens with one attached hydrogen (secondary N) is 1. The van der Waals surface area contributed by atoms with E-state index in [0.717, 1.165) is 12.8 Å². The first-order valence-corrected chi connectivity index (χ1v) is 7.47. The lowest BCUT2D eigenvalue weighted by atomic mass is 10.1. The van der Waals surface area contributed by atoms with Gasteiger partial charge in [0.15, 0.2) is 0 Å². The third-order valence-electron chi connectivity index (χ3n) is 3.20. The van der Waals surface area contributed by atoms with E-state index in [1.807, 2.05) is 0 Å². The molecule has 0 spiro atoms. The summed E-state index contributed by atoms with van der Waals surface area (Å²) in [5.41, 5.74) is 2.36. The number of piperidine rings is 1. The Kier molecular flexibility index (Phi) is 4.35. The van der Waals surface area contributed by atoms with Crippen molar-refractivity contribution in [3.63, 3.8) is 0 Å². The van der Waals surface area contributed by atoms with Gasteiger partial charge in [0.2, 0.25) is 10.0 Å². The minimum atomic E-state index is -3.51. The molecule has 1 aliphatic rings. The van der Waals surface area contributed by atoms with Gasteiger partial charge in [-0.1, -0.05) is 0 Å². The van der Waals surface area contributed by atoms with Crippen LogP contribution < -0.4 is 11.3 Å². The smallest absolute Gasteiger partial charge is 0.244 e. The lowest BCUT2D eigenvalue weighted by Crippen LogP contribution is -2.42. The Balaban J connectivity index is 2.20. The zero-order chi connectivity index (χ0) is 13.9. The van der Waals surface area contributed by atoms with Crippen LogP contribution >= 0.6 is 0 Å². The summed E-state index contributed by atoms with van der Waals surface area (Å²) in [5, 5.41) is 0. The molecule has 1 atom stereocenters. The third kappa shape index (κ3) is 3.03. The SMILES string of the molecule is COC1CCCN(S(=O)(=O)c2ccc(NN)nc2)C1. The number of pyridine rings is 1. The summed E-state index contributed by atoms with van der Waals surface area (Å²) in [6, 6.07) is 3.03. The molecular formula is C11H18N4O3S. The maximum atomic E-state index is 12.4. The molecule has 8 heteroatoms. The lowest BCUT2D eigenvalue weighted by Gasteiger charge is -2.30. The molecule has 0 bridgehead atoms. The second-order valence-electron chi connectivity index (χ2n) is 4.39. The minimum Gasteiger partial charge on any atom is -0.380 e. The molecule has 3 N–H and O–H groups in total. The Hall–Kier alpha value is -1.22. The van der Waals surface area contributed by atoms with E-state index in [2.05, 4.69) is 10.4 Å². The van der Waals surface area contributed by atoms with Crippen molar-refractivity contribution < 1.29 is 13.2 Å². The van der Waals surface area contributed by atoms with Crippen LogP contribution in [0.3, 0.4) is 0 Å². The van der Waals surface area contributed by atoms with E-state index in [1.54, 1.807) is 7.11 Å². The van der Waals surface area contributed by atoms with E-state index < -0.39 is 10.0 Å². The van der Waals surface area contributed by atoms with Crippen LogP contribution in [-0.4, -0.2) is 44.0 Å². The summed E-state index contributed by atoms with van der Waals surface area (Å²) < 4.78 is 31.5. The highest BCUT2D eigenvalue weighted by Crippen LogP contribution is 2.21. The molecule has 1 aliphatic heterocycles. The molecule has 0 radical (unpaired) electrons. The molecular weight excluding hydrogens is 268 g/mol. The van der Waals surface area contributed by atoms with E-state index >= 15 is 0 Å². The van der Waals surface area contributed by atoms with Crippen molar-refractivity contribution in [2.45, 2.75) is 23.8 Å². The molecule has 0 aliphatic carbocycles. The Labute approximate surface area is 112 Å². The minimum absolute atomic E-state index is 0.0403. The number of nitrogens with zero attached hydrogens (tertiary/aromatic N) is 2. The van der Waals surface area contributed by atoms with E-state index in [1.165, 1.54) is 22.6 Å². The van der Waals surface area contributed by atoms with Crippen molar-refractivity contribution in [3.05, 3.63) is 18.3 Å². The molecule has 1 aromatic heterocycles. The van der Waals surface area contributed by atoms with Crippen molar-refractivity contribution in [1.29, 1.82) is 0 Å². The topological polar surface area (TPSA) is 97.5 Å². The first-order chi connectivity index (χ1) is 9.07. The summed E-state index contributed by atoms with van der Waals surface area (Å²) in [6.45, 7) is 0.898. The summed E-state index contributed by atoms with van der Waals surface area (Å²) >= 11 is 0. The normalized spacial score (nSPS) is 21.3. The monoisotopic (exact) mass is 286 g/mol. The molecule has 2 heterocycles. The first-order valence-electron chi connectivity index (χ1n) is 6.03. The number of ether oxygens (including phenoxy) is 1. The lowest BCUT2D eigenvalue weighted by molar-refractivity contribution is 0.0572. The molecule has 1 fully saturated rings. The molecule has 19 heavy (non-hydrogen) atoms. The fraction of sp³-hybridized carbons (Fsp3) is 0.545. The number of anilines is 1. The van der Waals surface area contributed by atoms with Gasteiger partial charge in [0.25, 0.3) is 0 Å². The Morgan fingerprint density at radius 3 is 2.89 bits per heavy atom. The molecule has 1 unspecified atom stereocenters. The van der Waals surface area contributed by atoms with Crippen LogP contribution in [0.1, 0.15) is 12.8 Å². The highest BCUT2D eigenvalue weighted by Gasteiger charge is 2.30. The third-order valence-corrected chi connectivity index (χ3v) is 5.04. The van der Waals surface area contributed by atoms with Crippen LogP contribution in [0, 0.1) is 0 Å². The Morgan fingerprint density at radius 1 is 1.53 bits per heavy atom. The van der Waals surface area contributed by atoms with Crippen molar-refractivity contribution in [2.75, 3.05) is 25.6 Å². The van der Waals surface area contributed by atoms with Crippen LogP contribution in [-0.2, 0) is 14.8 Å². The van der Waals surface area contributed by atoms with Crippen molar-refractivity contribution in [2.24, 2.45) is 5.84 Å². The van der Waals surface area contributed by atoms with Gasteiger partial charge in [-0.05, 0) is 25.0 Å². The molecule has 1 aromatic rings. The van der Waals surface area contributed by atoms with E-state index in [9.17, 15) is 8.42 Å². The molecule has 7 nitrogen and oxygen atoms in total. The number of hydrogen-bond donors (Lipinski definition) is 2. The number of aromatic nitrogens is 1. The van der Waals surface area contributed by atoms with Gasteiger partial charge in [0.1, 0.15) is 10.7 Å². The predicted molar refractivity (Wildman–Crippen MR) is 70.8 cm³/mol. The fourth-order valence-corrected chi connectivity index (χ4v) is 3.54. The van der Waals surface area contributed by atoms with Crippen LogP contribution in [0.25, 0.3) is 0 Å². The molecule has 2 rings (SSSR count). The highest BCUT2D eigenvalue weighted by molar-refractivity contribution is 7.89. The molecule has 0 aromatic carbocycles. The van der Waals surface area contributed by atoms with Gasteiger partial charge < -0.3 is 10.2 Å². The number of hydrazine groups is 1. The van der Waals surface area contributed by atoms with Gasteiger partial charge >= 0.3 is 0 Å². The predicted octanol–water partition coefficient (Wildman–Crippen LogP) is 0.167. The van der Waals surface area contributed by atoms with Gasteiger partial charge in [-0.25, -0.2) is 19.2 Å². The van der Waals surface area contributed by atoms with E-state index in [0.29, 0.717) is 18.9 Å². The van der Waals surface area contributed by atoms with Gasteiger partial charge in [-0.3, -0.25) is 0 Å². The molecule has 0 amide bonds. The maximum Gasteiger partial charge on any atom is 0.244 e. The van der Waals surface area contributed by atoms with Crippen molar-refractivity contribution >= 4 is 15.8 Å². The van der Waals surface area contributed by atoms with Crippen molar-refractivity contribution in [1.82, 2.24) is 9.29 Å². The number of nitrogens with two attached hydrogens (primary N) is 1. The molecule has 106 valence electrons. The second kappa shape index (κ2) is 5.83. The number of sulfonamides is 1. The van der Waals surface area contributed by atoms with Crippen LogP contribution in [0.5, 0.6) is 0 Å². The Morgan fingerprint density at radius 2 is 2.32 bits per heavy atom. The average molecular weight is 286 g/mol. The zero-order valence-electron chi connectivity index (χ0n) is 10.7. The number of hydrogen-bond acceptors (Lipinski definition) is 6. The zero-order valence-corrected chi connectivity index (χ0v) is 11.6. The number of methoxy groups -OCH3 is 1. The van der Waals surface area contributed by atoms with Gasteiger partial charge in [-0.15, -0.1) is 0 Å². The van der Waals surface area contributed by atoms with Gasteiger partial charge in [0.05, 0.1) is 6.10 Å². The first kappa shape index (κ1) is 14.2. The number of nitrogen functional groups attached to an aromatic ring is 1. The Bertz CT molecular complexity index is 517. The summed E-state index contributed by atoms with van der Waals surface area (Å²) in [4.78, 5) is 4.09. The summed E-state index contributed by atoms with van der Waals surface area (Å²) in [6.07, 6.45) is 2.95. The summed E-state index contributed by atoms with van der Waals surface area (Å²) in [7, 11) is -1.91. The standard InChI is InChI=1S/C11H18N4O3S/c1-18-9-3-2-6-15(8-9)19(16,17)10-4-5-11(14-12)13-7-10/h4-5,7,9H,2-3,6,8,12H2,1H3,(H,13,14). The molecule has 1 saturated heterocycles. The van der Waals surface area contributed by atoms with Crippen LogP contribution in [0.4, 0.5) is 5.82 Å². The van der Waals surface area contributed by atoms with Gasteiger partial charge in [0, 0.05) is 26.4 Å².